The van der Waals surface area contributed by atoms with Crippen LogP contribution in [0.3, 0.4) is 0 Å². The van der Waals surface area contributed by atoms with Gasteiger partial charge in [-0.15, -0.1) is 0 Å². The predicted molar refractivity (Wildman–Crippen MR) is 61.1 cm³/mol. The molecule has 0 aliphatic heterocycles. The standard InChI is InChI=1S/C9H7BrClF3N2/c10-6-3-5(11)1-2-7(6)16-4-8(15)9(12,13)14/h1-4,16H,15H2/b8-4-. The van der Waals surface area contributed by atoms with Gasteiger partial charge >= 0.3 is 6.18 Å². The van der Waals surface area contributed by atoms with Gasteiger partial charge in [-0.25, -0.2) is 0 Å². The van der Waals surface area contributed by atoms with Crippen LogP contribution in [-0.2, 0) is 0 Å². The smallest absolute Gasteiger partial charge is 0.394 e. The van der Waals surface area contributed by atoms with Crippen LogP contribution in [-0.4, -0.2) is 6.18 Å². The van der Waals surface area contributed by atoms with E-state index in [1.165, 1.54) is 6.07 Å². The zero-order valence-corrected chi connectivity index (χ0v) is 10.1. The van der Waals surface area contributed by atoms with E-state index in [2.05, 4.69) is 21.2 Å². The van der Waals surface area contributed by atoms with Crippen molar-refractivity contribution in [2.24, 2.45) is 5.73 Å². The van der Waals surface area contributed by atoms with Gasteiger partial charge in [0.1, 0.15) is 5.70 Å². The number of nitrogens with one attached hydrogen (secondary N) is 1. The predicted octanol–water partition coefficient (Wildman–Crippen LogP) is 3.88. The molecule has 88 valence electrons. The van der Waals surface area contributed by atoms with Crippen molar-refractivity contribution in [3.05, 3.63) is 39.6 Å². The van der Waals surface area contributed by atoms with E-state index in [9.17, 15) is 13.2 Å². The zero-order valence-electron chi connectivity index (χ0n) is 7.78. The fourth-order valence-corrected chi connectivity index (χ4v) is 1.64. The third-order valence-electron chi connectivity index (χ3n) is 1.64. The molecule has 0 spiro atoms. The van der Waals surface area contributed by atoms with Gasteiger partial charge in [-0.05, 0) is 34.1 Å². The summed E-state index contributed by atoms with van der Waals surface area (Å²) in [5.41, 5.74) is 4.05. The summed E-state index contributed by atoms with van der Waals surface area (Å²) in [6, 6.07) is 4.64. The number of benzene rings is 1. The average molecular weight is 316 g/mol. The van der Waals surface area contributed by atoms with Crippen LogP contribution in [0.2, 0.25) is 5.02 Å². The fraction of sp³-hybridized carbons (Fsp3) is 0.111. The van der Waals surface area contributed by atoms with E-state index in [-0.39, 0.29) is 0 Å². The highest BCUT2D eigenvalue weighted by Gasteiger charge is 2.31. The van der Waals surface area contributed by atoms with Crippen LogP contribution >= 0.6 is 27.5 Å². The van der Waals surface area contributed by atoms with E-state index in [1.54, 1.807) is 12.1 Å². The Morgan fingerprint density at radius 3 is 2.56 bits per heavy atom. The Morgan fingerprint density at radius 1 is 1.44 bits per heavy atom. The molecule has 0 aromatic heterocycles. The molecule has 0 unspecified atom stereocenters. The van der Waals surface area contributed by atoms with E-state index in [0.717, 1.165) is 0 Å². The summed E-state index contributed by atoms with van der Waals surface area (Å²) in [4.78, 5) is 0. The Balaban J connectivity index is 2.83. The third-order valence-corrected chi connectivity index (χ3v) is 2.53. The van der Waals surface area contributed by atoms with E-state index >= 15 is 0 Å². The van der Waals surface area contributed by atoms with E-state index in [1.807, 2.05) is 0 Å². The van der Waals surface area contributed by atoms with Crippen molar-refractivity contribution in [1.82, 2.24) is 0 Å². The lowest BCUT2D eigenvalue weighted by molar-refractivity contribution is -0.0927. The first-order valence-corrected chi connectivity index (χ1v) is 5.22. The highest BCUT2D eigenvalue weighted by Crippen LogP contribution is 2.27. The van der Waals surface area contributed by atoms with Gasteiger partial charge in [0.05, 0.1) is 5.69 Å². The fourth-order valence-electron chi connectivity index (χ4n) is 0.844. The molecule has 1 aromatic carbocycles. The topological polar surface area (TPSA) is 38.0 Å². The largest absolute Gasteiger partial charge is 0.432 e. The molecule has 0 saturated heterocycles. The van der Waals surface area contributed by atoms with E-state index in [0.29, 0.717) is 21.4 Å². The number of nitrogens with two attached hydrogens (primary N) is 1. The molecule has 16 heavy (non-hydrogen) atoms. The molecule has 1 rings (SSSR count). The number of alkyl halides is 3. The molecule has 0 radical (unpaired) electrons. The number of allylic oxidation sites excluding steroid dienone is 1. The molecule has 1 aromatic rings. The van der Waals surface area contributed by atoms with Crippen LogP contribution in [0, 0.1) is 0 Å². The number of halogens is 5. The summed E-state index contributed by atoms with van der Waals surface area (Å²) in [6.07, 6.45) is -3.85. The van der Waals surface area contributed by atoms with Gasteiger partial charge < -0.3 is 11.1 Å². The highest BCUT2D eigenvalue weighted by molar-refractivity contribution is 9.10. The number of hydrogen-bond acceptors (Lipinski definition) is 2. The van der Waals surface area contributed by atoms with Gasteiger partial charge in [0.15, 0.2) is 0 Å². The van der Waals surface area contributed by atoms with Crippen LogP contribution in [0.4, 0.5) is 18.9 Å². The Hall–Kier alpha value is -0.880. The molecule has 2 nitrogen and oxygen atoms in total. The first-order chi connectivity index (χ1) is 7.30. The second-order valence-electron chi connectivity index (χ2n) is 2.87. The molecule has 7 heteroatoms. The third kappa shape index (κ3) is 3.61. The Labute approximate surface area is 103 Å². The summed E-state index contributed by atoms with van der Waals surface area (Å²) < 4.78 is 36.7. The SMILES string of the molecule is N/C(=C\Nc1ccc(Cl)cc1Br)C(F)(F)F. The molecular formula is C9H7BrClF3N2. The molecule has 0 amide bonds. The molecule has 0 aliphatic carbocycles. The number of anilines is 1. The molecule has 0 aliphatic rings. The van der Waals surface area contributed by atoms with Crippen LogP contribution in [0.5, 0.6) is 0 Å². The maximum absolute atomic E-state index is 12.1. The lowest BCUT2D eigenvalue weighted by Gasteiger charge is -2.08. The van der Waals surface area contributed by atoms with Crippen molar-refractivity contribution in [2.45, 2.75) is 6.18 Å². The molecule has 0 atom stereocenters. The van der Waals surface area contributed by atoms with E-state index < -0.39 is 11.9 Å². The monoisotopic (exact) mass is 314 g/mol. The van der Waals surface area contributed by atoms with Gasteiger partial charge in [-0.2, -0.15) is 13.2 Å². The van der Waals surface area contributed by atoms with Crippen LogP contribution in [0.25, 0.3) is 0 Å². The second kappa shape index (κ2) is 4.97. The summed E-state index contributed by atoms with van der Waals surface area (Å²) >= 11 is 8.82. The maximum Gasteiger partial charge on any atom is 0.432 e. The quantitative estimate of drug-likeness (QED) is 0.869. The van der Waals surface area contributed by atoms with E-state index in [4.69, 9.17) is 17.3 Å². The first-order valence-electron chi connectivity index (χ1n) is 4.05. The summed E-state index contributed by atoms with van der Waals surface area (Å²) in [5, 5.41) is 2.91. The summed E-state index contributed by atoms with van der Waals surface area (Å²) in [6.45, 7) is 0. The van der Waals surface area contributed by atoms with Crippen LogP contribution in [0.15, 0.2) is 34.6 Å². The van der Waals surface area contributed by atoms with Gasteiger partial charge in [-0.3, -0.25) is 0 Å². The van der Waals surface area contributed by atoms with Crippen molar-refractivity contribution in [2.75, 3.05) is 5.32 Å². The highest BCUT2D eigenvalue weighted by atomic mass is 79.9. The van der Waals surface area contributed by atoms with Gasteiger partial charge in [-0.1, -0.05) is 11.6 Å². The molecule has 0 bridgehead atoms. The average Bonchev–Trinajstić information content (AvgIpc) is 2.14. The maximum atomic E-state index is 12.1. The number of rotatable bonds is 2. The zero-order chi connectivity index (χ0) is 12.3. The Kier molecular flexibility index (Phi) is 4.09. The molecule has 0 heterocycles. The summed E-state index contributed by atoms with van der Waals surface area (Å²) in [7, 11) is 0. The van der Waals surface area contributed by atoms with Crippen LogP contribution < -0.4 is 11.1 Å². The molecule has 3 N–H and O–H groups in total. The minimum atomic E-state index is -4.54. The molecule has 0 saturated carbocycles. The van der Waals surface area contributed by atoms with Crippen LogP contribution in [0.1, 0.15) is 0 Å². The number of hydrogen-bond donors (Lipinski definition) is 2. The van der Waals surface area contributed by atoms with Crippen molar-refractivity contribution < 1.29 is 13.2 Å². The second-order valence-corrected chi connectivity index (χ2v) is 4.16. The normalized spacial score (nSPS) is 12.7. The Bertz CT molecular complexity index is 418. The van der Waals surface area contributed by atoms with Gasteiger partial charge in [0, 0.05) is 15.7 Å². The minimum Gasteiger partial charge on any atom is -0.394 e. The van der Waals surface area contributed by atoms with Gasteiger partial charge in [0.2, 0.25) is 0 Å². The van der Waals surface area contributed by atoms with Crippen molar-refractivity contribution >= 4 is 33.2 Å². The molecule has 0 fully saturated rings. The lowest BCUT2D eigenvalue weighted by Crippen LogP contribution is -2.20. The van der Waals surface area contributed by atoms with Crippen molar-refractivity contribution in [1.29, 1.82) is 0 Å². The van der Waals surface area contributed by atoms with Crippen molar-refractivity contribution in [3.63, 3.8) is 0 Å². The Morgan fingerprint density at radius 2 is 2.06 bits per heavy atom. The van der Waals surface area contributed by atoms with Crippen molar-refractivity contribution in [3.8, 4) is 0 Å². The first kappa shape index (κ1) is 13.2. The lowest BCUT2D eigenvalue weighted by atomic mass is 10.3. The minimum absolute atomic E-state index is 0.441. The molecular weight excluding hydrogens is 308 g/mol. The van der Waals surface area contributed by atoms with Gasteiger partial charge in [0.25, 0.3) is 0 Å². The summed E-state index contributed by atoms with van der Waals surface area (Å²) in [5.74, 6) is 0.